The number of carbonyl (C=O) groups excluding carboxylic acids is 3. The fourth-order valence-corrected chi connectivity index (χ4v) is 4.40. The Balaban J connectivity index is 1.33. The summed E-state index contributed by atoms with van der Waals surface area (Å²) >= 11 is 0. The summed E-state index contributed by atoms with van der Waals surface area (Å²) < 4.78 is 0. The predicted octanol–water partition coefficient (Wildman–Crippen LogP) is 0.610. The van der Waals surface area contributed by atoms with E-state index in [0.29, 0.717) is 0 Å². The SMILES string of the molecule is NC(C(=O)NCCN1C(=O)C2C3C=CC(C3)C2C1=O)c1ccccc1. The lowest BCUT2D eigenvalue weighted by molar-refractivity contribution is -0.141. The highest BCUT2D eigenvalue weighted by molar-refractivity contribution is 6.06. The number of imide groups is 1. The lowest BCUT2D eigenvalue weighted by atomic mass is 9.85. The molecule has 1 saturated heterocycles. The summed E-state index contributed by atoms with van der Waals surface area (Å²) in [5, 5.41) is 2.73. The van der Waals surface area contributed by atoms with E-state index in [1.54, 1.807) is 12.1 Å². The topological polar surface area (TPSA) is 92.5 Å². The number of nitrogens with two attached hydrogens (primary N) is 1. The van der Waals surface area contributed by atoms with Crippen molar-refractivity contribution in [1.29, 1.82) is 0 Å². The predicted molar refractivity (Wildman–Crippen MR) is 90.8 cm³/mol. The molecule has 130 valence electrons. The molecule has 0 spiro atoms. The molecule has 6 heteroatoms. The van der Waals surface area contributed by atoms with Crippen LogP contribution in [0.25, 0.3) is 0 Å². The van der Waals surface area contributed by atoms with Crippen LogP contribution in [0.2, 0.25) is 0 Å². The van der Waals surface area contributed by atoms with Gasteiger partial charge in [0.2, 0.25) is 17.7 Å². The molecule has 2 bridgehead atoms. The van der Waals surface area contributed by atoms with Gasteiger partial charge in [0.15, 0.2) is 0 Å². The second kappa shape index (κ2) is 6.11. The molecule has 5 atom stereocenters. The molecule has 2 aliphatic carbocycles. The Labute approximate surface area is 146 Å². The van der Waals surface area contributed by atoms with E-state index in [-0.39, 0.29) is 54.5 Å². The van der Waals surface area contributed by atoms with Crippen molar-refractivity contribution in [3.63, 3.8) is 0 Å². The maximum Gasteiger partial charge on any atom is 0.241 e. The Kier molecular flexibility index (Phi) is 3.92. The number of amides is 3. The van der Waals surface area contributed by atoms with Crippen molar-refractivity contribution in [1.82, 2.24) is 10.2 Å². The molecule has 3 amide bonds. The van der Waals surface area contributed by atoms with Crippen molar-refractivity contribution in [2.75, 3.05) is 13.1 Å². The summed E-state index contributed by atoms with van der Waals surface area (Å²) in [7, 11) is 0. The molecule has 3 aliphatic rings. The van der Waals surface area contributed by atoms with Crippen LogP contribution in [0.1, 0.15) is 18.0 Å². The molecule has 0 radical (unpaired) electrons. The van der Waals surface area contributed by atoms with Gasteiger partial charge in [-0.2, -0.15) is 0 Å². The highest BCUT2D eigenvalue weighted by atomic mass is 16.2. The average Bonchev–Trinajstić information content (AvgIpc) is 3.31. The molecule has 4 rings (SSSR count). The first-order valence-electron chi connectivity index (χ1n) is 8.69. The molecular formula is C19H21N3O3. The zero-order valence-electron chi connectivity index (χ0n) is 13.8. The fourth-order valence-electron chi connectivity index (χ4n) is 4.40. The summed E-state index contributed by atoms with van der Waals surface area (Å²) in [4.78, 5) is 38.6. The quantitative estimate of drug-likeness (QED) is 0.607. The van der Waals surface area contributed by atoms with Crippen LogP contribution in [-0.4, -0.2) is 35.7 Å². The summed E-state index contributed by atoms with van der Waals surface area (Å²) in [5.41, 5.74) is 6.67. The normalized spacial score (nSPS) is 30.7. The molecule has 3 N–H and O–H groups in total. The molecule has 5 unspecified atom stereocenters. The Morgan fingerprint density at radius 3 is 2.32 bits per heavy atom. The number of nitrogens with one attached hydrogen (secondary N) is 1. The summed E-state index contributed by atoms with van der Waals surface area (Å²) in [6.07, 6.45) is 5.06. The smallest absolute Gasteiger partial charge is 0.241 e. The second-order valence-corrected chi connectivity index (χ2v) is 7.01. The molecule has 6 nitrogen and oxygen atoms in total. The van der Waals surface area contributed by atoms with E-state index in [1.807, 2.05) is 18.2 Å². The van der Waals surface area contributed by atoms with Gasteiger partial charge in [0.25, 0.3) is 0 Å². The summed E-state index contributed by atoms with van der Waals surface area (Å²) in [6.45, 7) is 0.427. The molecule has 1 saturated carbocycles. The van der Waals surface area contributed by atoms with Crippen molar-refractivity contribution >= 4 is 17.7 Å². The van der Waals surface area contributed by atoms with Gasteiger partial charge in [0, 0.05) is 13.1 Å². The Morgan fingerprint density at radius 1 is 1.12 bits per heavy atom. The first-order chi connectivity index (χ1) is 12.1. The van der Waals surface area contributed by atoms with Gasteiger partial charge >= 0.3 is 0 Å². The minimum atomic E-state index is -0.759. The van der Waals surface area contributed by atoms with E-state index >= 15 is 0 Å². The molecule has 25 heavy (non-hydrogen) atoms. The van der Waals surface area contributed by atoms with Crippen molar-refractivity contribution in [3.8, 4) is 0 Å². The number of rotatable bonds is 5. The number of likely N-dealkylation sites (tertiary alicyclic amines) is 1. The highest BCUT2D eigenvalue weighted by Crippen LogP contribution is 2.52. The highest BCUT2D eigenvalue weighted by Gasteiger charge is 2.58. The van der Waals surface area contributed by atoms with Crippen molar-refractivity contribution in [2.45, 2.75) is 12.5 Å². The zero-order chi connectivity index (χ0) is 17.6. The Bertz CT molecular complexity index is 716. The van der Waals surface area contributed by atoms with E-state index in [1.165, 1.54) is 4.90 Å². The van der Waals surface area contributed by atoms with E-state index in [9.17, 15) is 14.4 Å². The maximum atomic E-state index is 12.6. The largest absolute Gasteiger partial charge is 0.353 e. The van der Waals surface area contributed by atoms with Crippen molar-refractivity contribution < 1.29 is 14.4 Å². The van der Waals surface area contributed by atoms with Gasteiger partial charge in [-0.15, -0.1) is 0 Å². The van der Waals surface area contributed by atoms with Gasteiger partial charge < -0.3 is 11.1 Å². The minimum absolute atomic E-state index is 0.0894. The molecule has 1 aromatic carbocycles. The van der Waals surface area contributed by atoms with Crippen LogP contribution in [0.15, 0.2) is 42.5 Å². The van der Waals surface area contributed by atoms with E-state index in [2.05, 4.69) is 17.5 Å². The first kappa shape index (κ1) is 16.0. The van der Waals surface area contributed by atoms with Crippen LogP contribution >= 0.6 is 0 Å². The van der Waals surface area contributed by atoms with Crippen LogP contribution in [-0.2, 0) is 14.4 Å². The second-order valence-electron chi connectivity index (χ2n) is 7.01. The minimum Gasteiger partial charge on any atom is -0.353 e. The van der Waals surface area contributed by atoms with Crippen LogP contribution in [0.5, 0.6) is 0 Å². The van der Waals surface area contributed by atoms with Crippen LogP contribution in [0.3, 0.4) is 0 Å². The Hall–Kier alpha value is -2.47. The molecule has 0 aromatic heterocycles. The monoisotopic (exact) mass is 339 g/mol. The third kappa shape index (κ3) is 2.57. The van der Waals surface area contributed by atoms with Crippen molar-refractivity contribution in [2.24, 2.45) is 29.4 Å². The number of benzene rings is 1. The summed E-state index contributed by atoms with van der Waals surface area (Å²) in [6, 6.07) is 8.34. The lowest BCUT2D eigenvalue weighted by Crippen LogP contribution is -2.42. The van der Waals surface area contributed by atoms with Crippen molar-refractivity contribution in [3.05, 3.63) is 48.0 Å². The zero-order valence-corrected chi connectivity index (χ0v) is 13.8. The van der Waals surface area contributed by atoms with E-state index < -0.39 is 6.04 Å². The number of hydrogen-bond donors (Lipinski definition) is 2. The third-order valence-corrected chi connectivity index (χ3v) is 5.64. The van der Waals surface area contributed by atoms with Gasteiger partial charge in [0.05, 0.1) is 11.8 Å². The van der Waals surface area contributed by atoms with Gasteiger partial charge in [-0.1, -0.05) is 42.5 Å². The first-order valence-corrected chi connectivity index (χ1v) is 8.69. The molecule has 2 fully saturated rings. The van der Waals surface area contributed by atoms with Crippen LogP contribution in [0, 0.1) is 23.7 Å². The fraction of sp³-hybridized carbons (Fsp3) is 0.421. The van der Waals surface area contributed by atoms with E-state index in [0.717, 1.165) is 12.0 Å². The Morgan fingerprint density at radius 2 is 1.72 bits per heavy atom. The standard InChI is InChI=1S/C19H21N3O3/c20-16(11-4-2-1-3-5-11)17(23)21-8-9-22-18(24)14-12-6-7-13(10-12)15(14)19(22)25/h1-7,12-16H,8-10,20H2,(H,21,23). The van der Waals surface area contributed by atoms with Gasteiger partial charge in [-0.25, -0.2) is 0 Å². The van der Waals surface area contributed by atoms with E-state index in [4.69, 9.17) is 5.73 Å². The van der Waals surface area contributed by atoms with Crippen LogP contribution < -0.4 is 11.1 Å². The van der Waals surface area contributed by atoms with Gasteiger partial charge in [0.1, 0.15) is 6.04 Å². The molecule has 1 heterocycles. The van der Waals surface area contributed by atoms with Gasteiger partial charge in [-0.05, 0) is 23.8 Å². The molecule has 1 aliphatic heterocycles. The number of hydrogen-bond acceptors (Lipinski definition) is 4. The number of allylic oxidation sites excluding steroid dienone is 2. The van der Waals surface area contributed by atoms with Gasteiger partial charge in [-0.3, -0.25) is 19.3 Å². The lowest BCUT2D eigenvalue weighted by Gasteiger charge is -2.18. The average molecular weight is 339 g/mol. The maximum absolute atomic E-state index is 12.6. The molecule has 1 aromatic rings. The third-order valence-electron chi connectivity index (χ3n) is 5.64. The summed E-state index contributed by atoms with van der Waals surface area (Å²) in [5.74, 6) is -0.459. The number of nitrogens with zero attached hydrogens (tertiary/aromatic N) is 1. The van der Waals surface area contributed by atoms with Crippen LogP contribution in [0.4, 0.5) is 0 Å². The number of carbonyl (C=O) groups is 3. The molecular weight excluding hydrogens is 318 g/mol. The number of fused-ring (bicyclic) bond motifs is 5.